The maximum absolute atomic E-state index is 12.4. The van der Waals surface area contributed by atoms with E-state index < -0.39 is 6.03 Å². The Kier molecular flexibility index (Phi) is 6.91. The van der Waals surface area contributed by atoms with Crippen molar-refractivity contribution in [3.63, 3.8) is 0 Å². The lowest BCUT2D eigenvalue weighted by molar-refractivity contribution is -0.133. The summed E-state index contributed by atoms with van der Waals surface area (Å²) in [5.41, 5.74) is 5.63. The summed E-state index contributed by atoms with van der Waals surface area (Å²) < 4.78 is 5.00. The van der Waals surface area contributed by atoms with Crippen LogP contribution >= 0.6 is 0 Å². The van der Waals surface area contributed by atoms with Gasteiger partial charge in [-0.3, -0.25) is 14.5 Å². The largest absolute Gasteiger partial charge is 0.472 e. The number of amides is 4. The van der Waals surface area contributed by atoms with Crippen LogP contribution in [0.3, 0.4) is 0 Å². The zero-order valence-electron chi connectivity index (χ0n) is 16.1. The summed E-state index contributed by atoms with van der Waals surface area (Å²) in [5.74, 6) is 0.527. The minimum atomic E-state index is -0.602. The summed E-state index contributed by atoms with van der Waals surface area (Å²) in [5, 5.41) is 2.46. The molecule has 9 nitrogen and oxygen atoms in total. The molecule has 9 heteroatoms. The van der Waals surface area contributed by atoms with Crippen LogP contribution in [0.25, 0.3) is 0 Å². The number of nitrogens with two attached hydrogens (primary N) is 1. The van der Waals surface area contributed by atoms with Crippen molar-refractivity contribution in [2.24, 2.45) is 11.7 Å². The Hall–Kier alpha value is -2.55. The van der Waals surface area contributed by atoms with E-state index >= 15 is 0 Å². The Morgan fingerprint density at radius 1 is 1.14 bits per heavy atom. The maximum atomic E-state index is 12.4. The van der Waals surface area contributed by atoms with Crippen molar-refractivity contribution in [2.45, 2.75) is 19.3 Å². The van der Waals surface area contributed by atoms with Crippen LogP contribution in [0.2, 0.25) is 0 Å². The molecule has 0 aromatic carbocycles. The third-order valence-electron chi connectivity index (χ3n) is 5.45. The van der Waals surface area contributed by atoms with E-state index in [2.05, 4.69) is 10.2 Å². The Balaban J connectivity index is 1.40. The van der Waals surface area contributed by atoms with Gasteiger partial charge in [-0.25, -0.2) is 4.79 Å². The number of primary amides is 1. The molecule has 2 aliphatic heterocycles. The molecule has 0 spiro atoms. The second-order valence-electron chi connectivity index (χ2n) is 7.49. The van der Waals surface area contributed by atoms with Crippen molar-refractivity contribution in [3.05, 3.63) is 24.2 Å². The predicted molar refractivity (Wildman–Crippen MR) is 103 cm³/mol. The number of carbonyl (C=O) groups is 3. The van der Waals surface area contributed by atoms with Crippen LogP contribution in [0.15, 0.2) is 23.0 Å². The Morgan fingerprint density at radius 2 is 1.93 bits per heavy atom. The molecular weight excluding hydrogens is 362 g/mol. The average Bonchev–Trinajstić information content (AvgIpc) is 3.23. The number of carbonyl (C=O) groups excluding carboxylic acids is 3. The average molecular weight is 391 g/mol. The van der Waals surface area contributed by atoms with Crippen LogP contribution in [-0.4, -0.2) is 84.9 Å². The van der Waals surface area contributed by atoms with Gasteiger partial charge in [-0.05, 0) is 24.8 Å². The predicted octanol–water partition coefficient (Wildman–Crippen LogP) is 0.334. The number of nitrogens with zero attached hydrogens (tertiary/aromatic N) is 3. The van der Waals surface area contributed by atoms with E-state index in [0.717, 1.165) is 45.6 Å². The van der Waals surface area contributed by atoms with Crippen molar-refractivity contribution < 1.29 is 18.8 Å². The molecule has 28 heavy (non-hydrogen) atoms. The van der Waals surface area contributed by atoms with Crippen LogP contribution < -0.4 is 11.1 Å². The quantitative estimate of drug-likeness (QED) is 0.726. The molecule has 2 fully saturated rings. The Bertz CT molecular complexity index is 670. The highest BCUT2D eigenvalue weighted by Gasteiger charge is 2.28. The number of hydrogen-bond donors (Lipinski definition) is 2. The molecule has 0 saturated carbocycles. The molecule has 2 saturated heterocycles. The van der Waals surface area contributed by atoms with Gasteiger partial charge in [0.05, 0.1) is 11.8 Å². The fourth-order valence-corrected chi connectivity index (χ4v) is 3.96. The van der Waals surface area contributed by atoms with E-state index in [4.69, 9.17) is 10.2 Å². The molecule has 0 bridgehead atoms. The number of nitrogens with one attached hydrogen (secondary N) is 1. The first-order valence-corrected chi connectivity index (χ1v) is 9.88. The molecule has 2 aliphatic rings. The van der Waals surface area contributed by atoms with Gasteiger partial charge in [-0.15, -0.1) is 0 Å². The highest BCUT2D eigenvalue weighted by Crippen LogP contribution is 2.19. The van der Waals surface area contributed by atoms with Crippen molar-refractivity contribution in [2.75, 3.05) is 52.4 Å². The van der Waals surface area contributed by atoms with Gasteiger partial charge in [-0.1, -0.05) is 0 Å². The van der Waals surface area contributed by atoms with Crippen LogP contribution in [0, 0.1) is 5.92 Å². The van der Waals surface area contributed by atoms with Gasteiger partial charge in [0.2, 0.25) is 5.91 Å². The topological polar surface area (TPSA) is 112 Å². The normalized spacial score (nSPS) is 20.8. The lowest BCUT2D eigenvalue weighted by atomic mass is 9.96. The molecule has 1 unspecified atom stereocenters. The standard InChI is InChI=1S/C19H29N5O4/c20-19(27)21-5-3-17(25)24-6-1-2-15(13-24)12-22-7-9-23(10-8-22)18(26)16-4-11-28-14-16/h4,11,14-15H,1-3,5-10,12-13H2,(H3,20,21,27). The summed E-state index contributed by atoms with van der Waals surface area (Å²) in [6.45, 7) is 5.85. The molecule has 0 radical (unpaired) electrons. The van der Waals surface area contributed by atoms with E-state index in [0.29, 0.717) is 24.6 Å². The zero-order valence-corrected chi connectivity index (χ0v) is 16.1. The molecule has 1 aromatic rings. The summed E-state index contributed by atoms with van der Waals surface area (Å²) in [6.07, 6.45) is 5.39. The minimum Gasteiger partial charge on any atom is -0.472 e. The third kappa shape index (κ3) is 5.48. The first-order chi connectivity index (χ1) is 13.5. The number of rotatable bonds is 6. The van der Waals surface area contributed by atoms with Gasteiger partial charge < -0.3 is 25.3 Å². The number of piperidine rings is 1. The van der Waals surface area contributed by atoms with Gasteiger partial charge in [0.1, 0.15) is 6.26 Å². The van der Waals surface area contributed by atoms with Gasteiger partial charge in [0.15, 0.2) is 0 Å². The zero-order chi connectivity index (χ0) is 19.9. The Labute approximate surface area is 164 Å². The lowest BCUT2D eigenvalue weighted by Crippen LogP contribution is -2.51. The molecule has 0 aliphatic carbocycles. The molecule has 4 amide bonds. The molecule has 1 atom stereocenters. The third-order valence-corrected chi connectivity index (χ3v) is 5.45. The molecule has 1 aromatic heterocycles. The van der Waals surface area contributed by atoms with Crippen molar-refractivity contribution in [3.8, 4) is 0 Å². The number of urea groups is 1. The van der Waals surface area contributed by atoms with Crippen LogP contribution in [-0.2, 0) is 4.79 Å². The lowest BCUT2D eigenvalue weighted by Gasteiger charge is -2.39. The van der Waals surface area contributed by atoms with Gasteiger partial charge in [0.25, 0.3) is 5.91 Å². The van der Waals surface area contributed by atoms with Crippen LogP contribution in [0.1, 0.15) is 29.6 Å². The SMILES string of the molecule is NC(=O)NCCC(=O)N1CCCC(CN2CCN(C(=O)c3ccoc3)CC2)C1. The summed E-state index contributed by atoms with van der Waals surface area (Å²) in [4.78, 5) is 41.5. The monoisotopic (exact) mass is 391 g/mol. The molecule has 154 valence electrons. The van der Waals surface area contributed by atoms with E-state index in [1.54, 1.807) is 6.07 Å². The fourth-order valence-electron chi connectivity index (χ4n) is 3.96. The number of hydrogen-bond acceptors (Lipinski definition) is 5. The van der Waals surface area contributed by atoms with Gasteiger partial charge >= 0.3 is 6.03 Å². The molecule has 3 N–H and O–H groups in total. The molecule has 3 rings (SSSR count). The summed E-state index contributed by atoms with van der Waals surface area (Å²) in [7, 11) is 0. The smallest absolute Gasteiger partial charge is 0.312 e. The number of piperazine rings is 1. The van der Waals surface area contributed by atoms with Crippen LogP contribution in [0.5, 0.6) is 0 Å². The van der Waals surface area contributed by atoms with Crippen molar-refractivity contribution in [1.29, 1.82) is 0 Å². The second-order valence-corrected chi connectivity index (χ2v) is 7.49. The fraction of sp³-hybridized carbons (Fsp3) is 0.632. The first kappa shape index (κ1) is 20.2. The second kappa shape index (κ2) is 9.59. The minimum absolute atomic E-state index is 0.0207. The summed E-state index contributed by atoms with van der Waals surface area (Å²) in [6, 6.07) is 1.09. The molecular formula is C19H29N5O4. The first-order valence-electron chi connectivity index (χ1n) is 9.88. The van der Waals surface area contributed by atoms with E-state index in [1.165, 1.54) is 12.5 Å². The summed E-state index contributed by atoms with van der Waals surface area (Å²) >= 11 is 0. The number of furan rings is 1. The van der Waals surface area contributed by atoms with E-state index in [-0.39, 0.29) is 24.8 Å². The highest BCUT2D eigenvalue weighted by molar-refractivity contribution is 5.93. The highest BCUT2D eigenvalue weighted by atomic mass is 16.3. The Morgan fingerprint density at radius 3 is 2.61 bits per heavy atom. The van der Waals surface area contributed by atoms with E-state index in [1.807, 2.05) is 9.80 Å². The van der Waals surface area contributed by atoms with Crippen molar-refractivity contribution in [1.82, 2.24) is 20.0 Å². The van der Waals surface area contributed by atoms with E-state index in [9.17, 15) is 14.4 Å². The van der Waals surface area contributed by atoms with Gasteiger partial charge in [-0.2, -0.15) is 0 Å². The van der Waals surface area contributed by atoms with Gasteiger partial charge in [0, 0.05) is 58.8 Å². The maximum Gasteiger partial charge on any atom is 0.312 e. The number of likely N-dealkylation sites (tertiary alicyclic amines) is 1. The van der Waals surface area contributed by atoms with Crippen LogP contribution in [0.4, 0.5) is 4.79 Å². The molecule has 3 heterocycles. The van der Waals surface area contributed by atoms with Crippen molar-refractivity contribution >= 4 is 17.8 Å².